The van der Waals surface area contributed by atoms with Gasteiger partial charge in [-0.15, -0.1) is 11.8 Å². The first-order valence-corrected chi connectivity index (χ1v) is 8.46. The second kappa shape index (κ2) is 7.94. The molecule has 0 fully saturated rings. The molecule has 2 rings (SSSR count). The van der Waals surface area contributed by atoms with Gasteiger partial charge in [-0.1, -0.05) is 22.0 Å². The van der Waals surface area contributed by atoms with Gasteiger partial charge in [0.2, 0.25) is 0 Å². The number of halogens is 2. The molecule has 0 spiro atoms. The number of aryl methyl sites for hydroxylation is 1. The van der Waals surface area contributed by atoms with Crippen molar-refractivity contribution in [2.24, 2.45) is 5.84 Å². The molecule has 2 aromatic rings. The van der Waals surface area contributed by atoms with E-state index in [9.17, 15) is 4.39 Å². The van der Waals surface area contributed by atoms with Crippen LogP contribution >= 0.6 is 27.7 Å². The molecule has 112 valence electrons. The van der Waals surface area contributed by atoms with Crippen LogP contribution in [0.15, 0.2) is 51.8 Å². The number of hydrogen-bond donors (Lipinski definition) is 2. The van der Waals surface area contributed by atoms with Gasteiger partial charge in [0.25, 0.3) is 0 Å². The Morgan fingerprint density at radius 1 is 1.24 bits per heavy atom. The SMILES string of the molecule is Cc1ccc(F)cc1CC(CSc1ccc(Br)cc1)NN. The molecule has 3 N–H and O–H groups in total. The fourth-order valence-electron chi connectivity index (χ4n) is 2.02. The van der Waals surface area contributed by atoms with E-state index < -0.39 is 0 Å². The maximum atomic E-state index is 13.3. The summed E-state index contributed by atoms with van der Waals surface area (Å²) < 4.78 is 14.4. The molecule has 0 aromatic heterocycles. The van der Waals surface area contributed by atoms with Crippen LogP contribution in [0, 0.1) is 12.7 Å². The van der Waals surface area contributed by atoms with Crippen LogP contribution < -0.4 is 11.3 Å². The van der Waals surface area contributed by atoms with Gasteiger partial charge in [-0.2, -0.15) is 0 Å². The summed E-state index contributed by atoms with van der Waals surface area (Å²) in [6.07, 6.45) is 0.712. The second-order valence-corrected chi connectivity index (χ2v) is 6.91. The minimum Gasteiger partial charge on any atom is -0.271 e. The van der Waals surface area contributed by atoms with Crippen molar-refractivity contribution in [3.05, 3.63) is 63.9 Å². The Morgan fingerprint density at radius 3 is 2.62 bits per heavy atom. The summed E-state index contributed by atoms with van der Waals surface area (Å²) in [6, 6.07) is 13.1. The normalized spacial score (nSPS) is 12.4. The van der Waals surface area contributed by atoms with Gasteiger partial charge in [-0.25, -0.2) is 4.39 Å². The van der Waals surface area contributed by atoms with Crippen molar-refractivity contribution in [1.29, 1.82) is 0 Å². The Balaban J connectivity index is 1.96. The maximum absolute atomic E-state index is 13.3. The summed E-state index contributed by atoms with van der Waals surface area (Å²) in [7, 11) is 0. The van der Waals surface area contributed by atoms with E-state index in [4.69, 9.17) is 5.84 Å². The topological polar surface area (TPSA) is 38.0 Å². The fraction of sp³-hybridized carbons (Fsp3) is 0.250. The minimum atomic E-state index is -0.202. The van der Waals surface area contributed by atoms with E-state index in [2.05, 4.69) is 33.5 Å². The van der Waals surface area contributed by atoms with Crippen LogP contribution in [0.3, 0.4) is 0 Å². The number of rotatable bonds is 6. The van der Waals surface area contributed by atoms with Gasteiger partial charge >= 0.3 is 0 Å². The van der Waals surface area contributed by atoms with E-state index in [1.807, 2.05) is 19.1 Å². The molecule has 0 aliphatic carbocycles. The minimum absolute atomic E-state index is 0.0964. The van der Waals surface area contributed by atoms with Gasteiger partial charge in [0, 0.05) is 21.2 Å². The molecule has 0 saturated heterocycles. The number of nitrogens with two attached hydrogens (primary N) is 1. The highest BCUT2D eigenvalue weighted by Gasteiger charge is 2.11. The summed E-state index contributed by atoms with van der Waals surface area (Å²) in [4.78, 5) is 1.19. The molecule has 5 heteroatoms. The molecule has 1 atom stereocenters. The molecule has 0 aliphatic rings. The molecular formula is C16H18BrFN2S. The van der Waals surface area contributed by atoms with E-state index in [1.165, 1.54) is 11.0 Å². The van der Waals surface area contributed by atoms with Crippen LogP contribution in [-0.2, 0) is 6.42 Å². The fourth-order valence-corrected chi connectivity index (χ4v) is 3.22. The van der Waals surface area contributed by atoms with Crippen molar-refractivity contribution in [1.82, 2.24) is 5.43 Å². The van der Waals surface area contributed by atoms with Crippen LogP contribution in [0.1, 0.15) is 11.1 Å². The number of hydrogen-bond acceptors (Lipinski definition) is 3. The highest BCUT2D eigenvalue weighted by molar-refractivity contribution is 9.10. The smallest absolute Gasteiger partial charge is 0.123 e. The third kappa shape index (κ3) is 5.11. The average molecular weight is 369 g/mol. The van der Waals surface area contributed by atoms with Crippen LogP contribution in [0.2, 0.25) is 0 Å². The van der Waals surface area contributed by atoms with E-state index >= 15 is 0 Å². The summed E-state index contributed by atoms with van der Waals surface area (Å²) in [5.41, 5.74) is 4.91. The van der Waals surface area contributed by atoms with Crippen LogP contribution in [0.4, 0.5) is 4.39 Å². The quantitative estimate of drug-likeness (QED) is 0.458. The Kier molecular flexibility index (Phi) is 6.23. The van der Waals surface area contributed by atoms with E-state index in [0.717, 1.165) is 21.4 Å². The lowest BCUT2D eigenvalue weighted by Gasteiger charge is -2.17. The highest BCUT2D eigenvalue weighted by atomic mass is 79.9. The van der Waals surface area contributed by atoms with Gasteiger partial charge in [0.05, 0.1) is 0 Å². The first kappa shape index (κ1) is 16.5. The van der Waals surface area contributed by atoms with Crippen molar-refractivity contribution >= 4 is 27.7 Å². The maximum Gasteiger partial charge on any atom is 0.123 e. The number of benzene rings is 2. The lowest BCUT2D eigenvalue weighted by Crippen LogP contribution is -2.38. The average Bonchev–Trinajstić information content (AvgIpc) is 2.48. The number of hydrazine groups is 1. The van der Waals surface area contributed by atoms with Gasteiger partial charge in [0.1, 0.15) is 5.82 Å². The van der Waals surface area contributed by atoms with Gasteiger partial charge in [-0.3, -0.25) is 11.3 Å². The molecule has 0 bridgehead atoms. The molecule has 0 heterocycles. The van der Waals surface area contributed by atoms with E-state index in [1.54, 1.807) is 23.9 Å². The van der Waals surface area contributed by atoms with E-state index in [-0.39, 0.29) is 11.9 Å². The monoisotopic (exact) mass is 368 g/mol. The first-order chi connectivity index (χ1) is 10.1. The van der Waals surface area contributed by atoms with Gasteiger partial charge in [-0.05, 0) is 60.9 Å². The van der Waals surface area contributed by atoms with Crippen LogP contribution in [-0.4, -0.2) is 11.8 Å². The molecule has 0 radical (unpaired) electrons. The Morgan fingerprint density at radius 2 is 1.95 bits per heavy atom. The van der Waals surface area contributed by atoms with Gasteiger partial charge in [0.15, 0.2) is 0 Å². The molecule has 2 aromatic carbocycles. The Labute approximate surface area is 137 Å². The predicted octanol–water partition coefficient (Wildman–Crippen LogP) is 4.06. The third-order valence-electron chi connectivity index (χ3n) is 3.28. The molecule has 21 heavy (non-hydrogen) atoms. The van der Waals surface area contributed by atoms with Gasteiger partial charge < -0.3 is 0 Å². The van der Waals surface area contributed by atoms with Crippen LogP contribution in [0.5, 0.6) is 0 Å². The van der Waals surface area contributed by atoms with Crippen molar-refractivity contribution in [2.45, 2.75) is 24.3 Å². The Hall–Kier alpha value is -0.880. The molecule has 1 unspecified atom stereocenters. The summed E-state index contributed by atoms with van der Waals surface area (Å²) in [5, 5.41) is 0. The van der Waals surface area contributed by atoms with Crippen molar-refractivity contribution < 1.29 is 4.39 Å². The molecule has 0 saturated carbocycles. The van der Waals surface area contributed by atoms with Crippen molar-refractivity contribution in [2.75, 3.05) is 5.75 Å². The number of thioether (sulfide) groups is 1. The third-order valence-corrected chi connectivity index (χ3v) is 4.98. The first-order valence-electron chi connectivity index (χ1n) is 6.68. The zero-order valence-electron chi connectivity index (χ0n) is 11.8. The summed E-state index contributed by atoms with van der Waals surface area (Å²) >= 11 is 5.16. The van der Waals surface area contributed by atoms with Crippen LogP contribution in [0.25, 0.3) is 0 Å². The molecular weight excluding hydrogens is 351 g/mol. The number of nitrogens with one attached hydrogen (secondary N) is 1. The zero-order valence-corrected chi connectivity index (χ0v) is 14.2. The zero-order chi connectivity index (χ0) is 15.2. The Bertz CT molecular complexity index is 589. The van der Waals surface area contributed by atoms with E-state index in [0.29, 0.717) is 6.42 Å². The highest BCUT2D eigenvalue weighted by Crippen LogP contribution is 2.22. The predicted molar refractivity (Wildman–Crippen MR) is 90.8 cm³/mol. The van der Waals surface area contributed by atoms with Crippen molar-refractivity contribution in [3.8, 4) is 0 Å². The summed E-state index contributed by atoms with van der Waals surface area (Å²) in [6.45, 7) is 1.99. The lowest BCUT2D eigenvalue weighted by atomic mass is 10.0. The van der Waals surface area contributed by atoms with Crippen molar-refractivity contribution in [3.63, 3.8) is 0 Å². The molecule has 2 nitrogen and oxygen atoms in total. The largest absolute Gasteiger partial charge is 0.271 e. The second-order valence-electron chi connectivity index (χ2n) is 4.90. The molecule has 0 amide bonds. The molecule has 0 aliphatic heterocycles. The summed E-state index contributed by atoms with van der Waals surface area (Å²) in [5.74, 6) is 6.26. The standard InChI is InChI=1S/C16H18BrFN2S/c1-11-2-5-14(18)8-12(11)9-15(20-19)10-21-16-6-3-13(17)4-7-16/h2-8,15,20H,9-10,19H2,1H3. The lowest BCUT2D eigenvalue weighted by molar-refractivity contribution is 0.569.